The molecule has 3 N–H and O–H groups in total. The number of nitrogens with one attached hydrogen (secondary N) is 1. The van der Waals surface area contributed by atoms with Crippen LogP contribution in [0.25, 0.3) is 0 Å². The third kappa shape index (κ3) is 3.58. The number of aromatic nitrogens is 2. The van der Waals surface area contributed by atoms with Gasteiger partial charge in [-0.05, 0) is 0 Å². The quantitative estimate of drug-likeness (QED) is 0.801. The summed E-state index contributed by atoms with van der Waals surface area (Å²) in [5, 5.41) is 2.68. The Labute approximate surface area is 95.5 Å². The molecule has 0 aromatic carbocycles. The topological polar surface area (TPSA) is 80.9 Å². The molecule has 1 rings (SSSR count). The van der Waals surface area contributed by atoms with Crippen LogP contribution in [0.15, 0.2) is 12.4 Å². The summed E-state index contributed by atoms with van der Waals surface area (Å²) in [6, 6.07) is 0. The number of nitrogens with two attached hydrogens (primary N) is 1. The van der Waals surface area contributed by atoms with E-state index in [9.17, 15) is 4.79 Å². The molecule has 0 radical (unpaired) electrons. The van der Waals surface area contributed by atoms with Gasteiger partial charge in [0.2, 0.25) is 5.91 Å². The number of anilines is 1. The molecule has 5 nitrogen and oxygen atoms in total. The number of amides is 1. The van der Waals surface area contributed by atoms with Crippen LogP contribution in [0, 0.1) is 0 Å². The number of carbonyl (C=O) groups is 1. The summed E-state index contributed by atoms with van der Waals surface area (Å²) in [5.74, 6) is 0.638. The van der Waals surface area contributed by atoms with Gasteiger partial charge in [-0.3, -0.25) is 4.79 Å². The van der Waals surface area contributed by atoms with E-state index in [1.54, 1.807) is 12.4 Å². The van der Waals surface area contributed by atoms with Crippen molar-refractivity contribution in [3.8, 4) is 0 Å². The summed E-state index contributed by atoms with van der Waals surface area (Å²) in [5.41, 5.74) is 5.79. The third-order valence-corrected chi connectivity index (χ3v) is 1.98. The minimum Gasteiger partial charge on any atom is -0.330 e. The molecule has 1 aromatic rings. The Balaban J connectivity index is 2.69. The lowest BCUT2D eigenvalue weighted by atomic mass is 9.96. The van der Waals surface area contributed by atoms with Crippen molar-refractivity contribution >= 4 is 11.6 Å². The minimum absolute atomic E-state index is 0.0835. The second-order valence-electron chi connectivity index (χ2n) is 4.63. The van der Waals surface area contributed by atoms with E-state index < -0.39 is 0 Å². The van der Waals surface area contributed by atoms with Gasteiger partial charge in [-0.1, -0.05) is 20.8 Å². The Morgan fingerprint density at radius 1 is 1.38 bits per heavy atom. The summed E-state index contributed by atoms with van der Waals surface area (Å²) in [4.78, 5) is 19.7. The summed E-state index contributed by atoms with van der Waals surface area (Å²) in [6.45, 7) is 6.45. The van der Waals surface area contributed by atoms with E-state index in [4.69, 9.17) is 5.73 Å². The Hall–Kier alpha value is -1.49. The molecule has 1 heterocycles. The lowest BCUT2D eigenvalue weighted by Gasteiger charge is -2.16. The standard InChI is InChI=1S/C11H18N4O/c1-11(2,3)10-13-6-8(7-14-10)15-9(16)4-5-12/h6-7H,4-5,12H2,1-3H3,(H,15,16). The summed E-state index contributed by atoms with van der Waals surface area (Å²) in [7, 11) is 0. The van der Waals surface area contributed by atoms with Gasteiger partial charge in [0.25, 0.3) is 0 Å². The molecule has 0 saturated carbocycles. The molecule has 1 amide bonds. The second-order valence-corrected chi connectivity index (χ2v) is 4.63. The van der Waals surface area contributed by atoms with Crippen molar-refractivity contribution in [2.45, 2.75) is 32.6 Å². The van der Waals surface area contributed by atoms with E-state index in [1.165, 1.54) is 0 Å². The van der Waals surface area contributed by atoms with Crippen LogP contribution in [0.3, 0.4) is 0 Å². The molecule has 0 aliphatic carbocycles. The fraction of sp³-hybridized carbons (Fsp3) is 0.545. The van der Waals surface area contributed by atoms with E-state index >= 15 is 0 Å². The zero-order chi connectivity index (χ0) is 12.2. The van der Waals surface area contributed by atoms with Crippen LogP contribution in [0.5, 0.6) is 0 Å². The van der Waals surface area contributed by atoms with Crippen molar-refractivity contribution in [2.75, 3.05) is 11.9 Å². The van der Waals surface area contributed by atoms with Crippen molar-refractivity contribution in [3.05, 3.63) is 18.2 Å². The molecule has 0 unspecified atom stereocenters. The average Bonchev–Trinajstić information content (AvgIpc) is 2.17. The Bertz CT molecular complexity index is 353. The highest BCUT2D eigenvalue weighted by Crippen LogP contribution is 2.18. The van der Waals surface area contributed by atoms with Crippen LogP contribution in [0.1, 0.15) is 33.0 Å². The fourth-order valence-electron chi connectivity index (χ4n) is 1.13. The molecule has 0 bridgehead atoms. The van der Waals surface area contributed by atoms with E-state index in [2.05, 4.69) is 15.3 Å². The maximum atomic E-state index is 11.2. The molecule has 0 aliphatic rings. The van der Waals surface area contributed by atoms with E-state index in [-0.39, 0.29) is 11.3 Å². The van der Waals surface area contributed by atoms with Gasteiger partial charge in [0.05, 0.1) is 18.1 Å². The van der Waals surface area contributed by atoms with Gasteiger partial charge < -0.3 is 11.1 Å². The number of rotatable bonds is 3. The summed E-state index contributed by atoms with van der Waals surface area (Å²) >= 11 is 0. The Morgan fingerprint density at radius 3 is 2.38 bits per heavy atom. The van der Waals surface area contributed by atoms with Crippen molar-refractivity contribution in [2.24, 2.45) is 5.73 Å². The lowest BCUT2D eigenvalue weighted by Crippen LogP contribution is -2.18. The summed E-state index contributed by atoms with van der Waals surface area (Å²) < 4.78 is 0. The Morgan fingerprint density at radius 2 is 1.94 bits per heavy atom. The van der Waals surface area contributed by atoms with Crippen LogP contribution >= 0.6 is 0 Å². The van der Waals surface area contributed by atoms with Crippen LogP contribution in [-0.2, 0) is 10.2 Å². The minimum atomic E-state index is -0.116. The predicted molar refractivity (Wildman–Crippen MR) is 63.0 cm³/mol. The molecular formula is C11H18N4O. The maximum Gasteiger partial charge on any atom is 0.225 e. The zero-order valence-electron chi connectivity index (χ0n) is 9.95. The molecule has 88 valence electrons. The van der Waals surface area contributed by atoms with Crippen molar-refractivity contribution in [1.29, 1.82) is 0 Å². The number of nitrogens with zero attached hydrogens (tertiary/aromatic N) is 2. The summed E-state index contributed by atoms with van der Waals surface area (Å²) in [6.07, 6.45) is 3.53. The van der Waals surface area contributed by atoms with Gasteiger partial charge in [0.1, 0.15) is 5.82 Å². The van der Waals surface area contributed by atoms with Gasteiger partial charge in [0, 0.05) is 18.4 Å². The molecule has 0 aliphatic heterocycles. The van der Waals surface area contributed by atoms with Crippen LogP contribution in [-0.4, -0.2) is 22.4 Å². The highest BCUT2D eigenvalue weighted by Gasteiger charge is 2.16. The molecule has 0 fully saturated rings. The first kappa shape index (κ1) is 12.6. The van der Waals surface area contributed by atoms with Gasteiger partial charge in [-0.25, -0.2) is 9.97 Å². The molecule has 1 aromatic heterocycles. The molecule has 0 saturated heterocycles. The average molecular weight is 222 g/mol. The smallest absolute Gasteiger partial charge is 0.225 e. The second kappa shape index (κ2) is 5.03. The molecule has 0 spiro atoms. The largest absolute Gasteiger partial charge is 0.330 e. The molecule has 16 heavy (non-hydrogen) atoms. The van der Waals surface area contributed by atoms with E-state index in [0.29, 0.717) is 18.7 Å². The number of carbonyl (C=O) groups excluding carboxylic acids is 1. The first-order chi connectivity index (χ1) is 7.43. The Kier molecular flexibility index (Phi) is 3.95. The monoisotopic (exact) mass is 222 g/mol. The molecular weight excluding hydrogens is 204 g/mol. The highest BCUT2D eigenvalue weighted by molar-refractivity contribution is 5.90. The third-order valence-electron chi connectivity index (χ3n) is 1.98. The van der Waals surface area contributed by atoms with Gasteiger partial charge in [-0.15, -0.1) is 0 Å². The first-order valence-electron chi connectivity index (χ1n) is 5.26. The highest BCUT2D eigenvalue weighted by atomic mass is 16.1. The van der Waals surface area contributed by atoms with E-state index in [1.807, 2.05) is 20.8 Å². The predicted octanol–water partition coefficient (Wildman–Crippen LogP) is 1.06. The lowest BCUT2D eigenvalue weighted by molar-refractivity contribution is -0.116. The SMILES string of the molecule is CC(C)(C)c1ncc(NC(=O)CCN)cn1. The molecule has 5 heteroatoms. The number of hydrogen-bond acceptors (Lipinski definition) is 4. The van der Waals surface area contributed by atoms with Gasteiger partial charge >= 0.3 is 0 Å². The van der Waals surface area contributed by atoms with E-state index in [0.717, 1.165) is 5.82 Å². The molecule has 0 atom stereocenters. The van der Waals surface area contributed by atoms with Crippen LogP contribution in [0.2, 0.25) is 0 Å². The van der Waals surface area contributed by atoms with Crippen molar-refractivity contribution in [1.82, 2.24) is 9.97 Å². The normalized spacial score (nSPS) is 11.2. The van der Waals surface area contributed by atoms with Gasteiger partial charge in [0.15, 0.2) is 0 Å². The van der Waals surface area contributed by atoms with Crippen molar-refractivity contribution < 1.29 is 4.79 Å². The number of hydrogen-bond donors (Lipinski definition) is 2. The fourth-order valence-corrected chi connectivity index (χ4v) is 1.13. The van der Waals surface area contributed by atoms with Crippen LogP contribution in [0.4, 0.5) is 5.69 Å². The zero-order valence-corrected chi connectivity index (χ0v) is 9.95. The first-order valence-corrected chi connectivity index (χ1v) is 5.26. The maximum absolute atomic E-state index is 11.2. The van der Waals surface area contributed by atoms with Crippen LogP contribution < -0.4 is 11.1 Å². The van der Waals surface area contributed by atoms with Gasteiger partial charge in [-0.2, -0.15) is 0 Å². The van der Waals surface area contributed by atoms with Crippen molar-refractivity contribution in [3.63, 3.8) is 0 Å².